The summed E-state index contributed by atoms with van der Waals surface area (Å²) in [6, 6.07) is 16.9. The number of sulfonamides is 1. The fourth-order valence-corrected chi connectivity index (χ4v) is 3.83. The van der Waals surface area contributed by atoms with E-state index in [2.05, 4.69) is 9.71 Å². The number of alkyl halides is 3. The van der Waals surface area contributed by atoms with Gasteiger partial charge in [-0.1, -0.05) is 18.2 Å². The second-order valence-electron chi connectivity index (χ2n) is 6.61. The molecule has 1 aliphatic rings. The van der Waals surface area contributed by atoms with Crippen LogP contribution in [0, 0.1) is 0 Å². The number of rotatable bonds is 4. The lowest BCUT2D eigenvalue weighted by molar-refractivity contribution is -0.192. The SMILES string of the molecule is O=C(O)C(F)(F)F.O=C1c2ccccc2C(=O)N1c1ccc(S(=O)(=O)Nc2ccccn2)cc1. The number of aromatic nitrogens is 1. The first-order valence-electron chi connectivity index (χ1n) is 9.23. The third-order valence-electron chi connectivity index (χ3n) is 4.35. The molecule has 0 saturated carbocycles. The Morgan fingerprint density at radius 3 is 1.82 bits per heavy atom. The third-order valence-corrected chi connectivity index (χ3v) is 5.72. The average Bonchev–Trinajstić information content (AvgIpc) is 3.04. The maximum atomic E-state index is 12.5. The van der Waals surface area contributed by atoms with Gasteiger partial charge in [0.15, 0.2) is 0 Å². The molecule has 3 aromatic rings. The Balaban J connectivity index is 0.000000406. The van der Waals surface area contributed by atoms with Crippen molar-refractivity contribution in [2.24, 2.45) is 0 Å². The molecule has 0 unspecified atom stereocenters. The van der Waals surface area contributed by atoms with Crippen molar-refractivity contribution in [2.45, 2.75) is 11.1 Å². The third kappa shape index (κ3) is 5.20. The van der Waals surface area contributed by atoms with Crippen LogP contribution in [0.2, 0.25) is 0 Å². The van der Waals surface area contributed by atoms with Crippen molar-refractivity contribution >= 4 is 39.3 Å². The molecule has 0 atom stereocenters. The van der Waals surface area contributed by atoms with Gasteiger partial charge < -0.3 is 5.11 Å². The lowest BCUT2D eigenvalue weighted by Crippen LogP contribution is -2.29. The number of amides is 2. The van der Waals surface area contributed by atoms with Crippen molar-refractivity contribution in [3.63, 3.8) is 0 Å². The first-order valence-corrected chi connectivity index (χ1v) is 10.7. The molecule has 4 rings (SSSR count). The molecule has 0 spiro atoms. The predicted molar refractivity (Wildman–Crippen MR) is 113 cm³/mol. The van der Waals surface area contributed by atoms with Gasteiger partial charge >= 0.3 is 12.1 Å². The van der Waals surface area contributed by atoms with E-state index in [1.165, 1.54) is 36.5 Å². The van der Waals surface area contributed by atoms with Gasteiger partial charge in [0, 0.05) is 6.20 Å². The van der Waals surface area contributed by atoms with Crippen LogP contribution in [0.3, 0.4) is 0 Å². The van der Waals surface area contributed by atoms with Gasteiger partial charge in [0.2, 0.25) is 0 Å². The molecule has 0 saturated heterocycles. The number of nitrogens with one attached hydrogen (secondary N) is 1. The predicted octanol–water partition coefficient (Wildman–Crippen LogP) is 3.32. The highest BCUT2D eigenvalue weighted by molar-refractivity contribution is 7.92. The quantitative estimate of drug-likeness (QED) is 0.533. The van der Waals surface area contributed by atoms with E-state index in [1.54, 1.807) is 36.4 Å². The molecule has 34 heavy (non-hydrogen) atoms. The number of anilines is 2. The smallest absolute Gasteiger partial charge is 0.475 e. The number of hydrogen-bond donors (Lipinski definition) is 2. The Morgan fingerprint density at radius 1 is 0.882 bits per heavy atom. The number of carboxylic acids is 1. The summed E-state index contributed by atoms with van der Waals surface area (Å²) in [5.41, 5.74) is 0.963. The van der Waals surface area contributed by atoms with Crippen molar-refractivity contribution in [3.8, 4) is 0 Å². The Morgan fingerprint density at radius 2 is 1.38 bits per heavy atom. The molecule has 9 nitrogen and oxygen atoms in total. The number of aliphatic carboxylic acids is 1. The second-order valence-corrected chi connectivity index (χ2v) is 8.29. The molecule has 0 aliphatic carbocycles. The Bertz CT molecular complexity index is 1310. The van der Waals surface area contributed by atoms with Gasteiger partial charge in [-0.3, -0.25) is 14.3 Å². The maximum absolute atomic E-state index is 12.5. The summed E-state index contributed by atoms with van der Waals surface area (Å²) in [7, 11) is -3.84. The average molecular weight is 493 g/mol. The number of hydrogen-bond acceptors (Lipinski definition) is 6. The Labute approximate surface area is 190 Å². The molecule has 13 heteroatoms. The molecule has 1 aliphatic heterocycles. The van der Waals surface area contributed by atoms with Gasteiger partial charge in [-0.25, -0.2) is 23.1 Å². The van der Waals surface area contributed by atoms with Crippen molar-refractivity contribution in [2.75, 3.05) is 9.62 Å². The zero-order valence-corrected chi connectivity index (χ0v) is 17.7. The maximum Gasteiger partial charge on any atom is 0.490 e. The topological polar surface area (TPSA) is 134 Å². The fourth-order valence-electron chi connectivity index (χ4n) is 2.82. The summed E-state index contributed by atoms with van der Waals surface area (Å²) >= 11 is 0. The fraction of sp³-hybridized carbons (Fsp3) is 0.0476. The molecule has 2 amide bonds. The minimum atomic E-state index is -5.08. The summed E-state index contributed by atoms with van der Waals surface area (Å²) in [5.74, 6) is -3.43. The minimum Gasteiger partial charge on any atom is -0.475 e. The second kappa shape index (κ2) is 9.31. The molecule has 2 heterocycles. The molecular formula is C21H14F3N3O6S. The van der Waals surface area contributed by atoms with Crippen molar-refractivity contribution in [3.05, 3.63) is 84.1 Å². The number of carboxylic acid groups (broad SMARTS) is 1. The number of nitrogens with zero attached hydrogens (tertiary/aromatic N) is 2. The lowest BCUT2D eigenvalue weighted by Gasteiger charge is -2.14. The Hall–Kier alpha value is -4.26. The van der Waals surface area contributed by atoms with Crippen LogP contribution in [-0.2, 0) is 14.8 Å². The number of imide groups is 1. The number of carbonyl (C=O) groups is 3. The van der Waals surface area contributed by atoms with Crippen molar-refractivity contribution < 1.29 is 41.1 Å². The molecular weight excluding hydrogens is 479 g/mol. The van der Waals surface area contributed by atoms with Crippen LogP contribution in [0.1, 0.15) is 20.7 Å². The van der Waals surface area contributed by atoms with Gasteiger partial charge in [-0.05, 0) is 48.5 Å². The molecule has 2 N–H and O–H groups in total. The number of benzene rings is 2. The van der Waals surface area contributed by atoms with Gasteiger partial charge in [-0.15, -0.1) is 0 Å². The highest BCUT2D eigenvalue weighted by Gasteiger charge is 2.38. The molecule has 0 radical (unpaired) electrons. The van der Waals surface area contributed by atoms with Crippen molar-refractivity contribution in [1.29, 1.82) is 0 Å². The zero-order valence-electron chi connectivity index (χ0n) is 16.9. The number of carbonyl (C=O) groups excluding carboxylic acids is 2. The van der Waals surface area contributed by atoms with E-state index in [0.717, 1.165) is 4.90 Å². The standard InChI is InChI=1S/C19H13N3O4S.C2HF3O2/c23-18-15-5-1-2-6-16(15)19(24)22(18)13-8-10-14(11-9-13)27(25,26)21-17-7-3-4-12-20-17;3-2(4,5)1(6)7/h1-12H,(H,20,21);(H,6,7). The van der Waals surface area contributed by atoms with Crippen LogP contribution in [-0.4, -0.2) is 42.5 Å². The van der Waals surface area contributed by atoms with Gasteiger partial charge in [0.25, 0.3) is 21.8 Å². The molecule has 0 bridgehead atoms. The van der Waals surface area contributed by atoms with Crippen LogP contribution in [0.4, 0.5) is 24.7 Å². The van der Waals surface area contributed by atoms with E-state index in [4.69, 9.17) is 9.90 Å². The Kier molecular flexibility index (Phi) is 6.68. The van der Waals surface area contributed by atoms with Crippen LogP contribution < -0.4 is 9.62 Å². The van der Waals surface area contributed by atoms with Gasteiger partial charge in [-0.2, -0.15) is 13.2 Å². The summed E-state index contributed by atoms with van der Waals surface area (Å²) in [6.45, 7) is 0. The van der Waals surface area contributed by atoms with Crippen molar-refractivity contribution in [1.82, 2.24) is 4.98 Å². The highest BCUT2D eigenvalue weighted by Crippen LogP contribution is 2.29. The van der Waals surface area contributed by atoms with E-state index in [9.17, 15) is 31.2 Å². The van der Waals surface area contributed by atoms with Gasteiger partial charge in [0.05, 0.1) is 21.7 Å². The lowest BCUT2D eigenvalue weighted by atomic mass is 10.1. The highest BCUT2D eigenvalue weighted by atomic mass is 32.2. The molecule has 176 valence electrons. The molecule has 2 aromatic carbocycles. The summed E-state index contributed by atoms with van der Waals surface area (Å²) in [5, 5.41) is 7.12. The number of pyridine rings is 1. The monoisotopic (exact) mass is 493 g/mol. The van der Waals surface area contributed by atoms with E-state index in [0.29, 0.717) is 16.8 Å². The normalized spacial score (nSPS) is 13.1. The summed E-state index contributed by atoms with van der Waals surface area (Å²) in [6.07, 6.45) is -3.61. The zero-order chi connectivity index (χ0) is 25.1. The first-order chi connectivity index (χ1) is 15.9. The summed E-state index contributed by atoms with van der Waals surface area (Å²) in [4.78, 5) is 38.8. The molecule has 1 aromatic heterocycles. The van der Waals surface area contributed by atoms with Gasteiger partial charge in [0.1, 0.15) is 5.82 Å². The van der Waals surface area contributed by atoms with E-state index >= 15 is 0 Å². The largest absolute Gasteiger partial charge is 0.490 e. The minimum absolute atomic E-state index is 0.00601. The van der Waals surface area contributed by atoms with E-state index < -0.39 is 34.0 Å². The number of fused-ring (bicyclic) bond motifs is 1. The van der Waals surface area contributed by atoms with Crippen LogP contribution >= 0.6 is 0 Å². The van der Waals surface area contributed by atoms with E-state index in [-0.39, 0.29) is 10.7 Å². The molecule has 0 fully saturated rings. The number of halogens is 3. The van der Waals surface area contributed by atoms with Crippen LogP contribution in [0.25, 0.3) is 0 Å². The van der Waals surface area contributed by atoms with E-state index in [1.807, 2.05) is 0 Å². The first kappa shape index (κ1) is 24.4. The van der Waals surface area contributed by atoms with Crippen LogP contribution in [0.5, 0.6) is 0 Å². The summed E-state index contributed by atoms with van der Waals surface area (Å²) < 4.78 is 59.0. The van der Waals surface area contributed by atoms with Crippen LogP contribution in [0.15, 0.2) is 77.8 Å².